The van der Waals surface area contributed by atoms with Crippen molar-refractivity contribution in [3.63, 3.8) is 0 Å². The number of nitrogens with zero attached hydrogens (tertiary/aromatic N) is 9. The summed E-state index contributed by atoms with van der Waals surface area (Å²) < 4.78 is 110. The molecule has 5 amide bonds. The van der Waals surface area contributed by atoms with Gasteiger partial charge in [0.2, 0.25) is 11.8 Å². The number of anilines is 2. The van der Waals surface area contributed by atoms with E-state index in [1.165, 1.54) is 40.5 Å². The normalized spacial score (nSPS) is 18.2. The highest BCUT2D eigenvalue weighted by atomic mass is 32.1. The molecule has 0 radical (unpaired) electrons. The first kappa shape index (κ1) is 72.8. The van der Waals surface area contributed by atoms with Crippen LogP contribution in [-0.2, 0) is 48.9 Å². The summed E-state index contributed by atoms with van der Waals surface area (Å²) in [7, 11) is 7.24. The largest absolute Gasteiger partial charge is 0.465 e. The smallest absolute Gasteiger partial charge is 0.416 e. The molecular formula is C73H86F7N9O8S. The fraction of sp³-hybridized carbons (Fsp3) is 0.479. The van der Waals surface area contributed by atoms with Crippen LogP contribution in [0.1, 0.15) is 118 Å². The fourth-order valence-electron chi connectivity index (χ4n) is 14.2. The molecule has 4 heterocycles. The molecule has 0 bridgehead atoms. The van der Waals surface area contributed by atoms with Crippen molar-refractivity contribution >= 4 is 51.9 Å². The molecular weight excluding hydrogens is 1300 g/mol. The number of piperidine rings is 2. The molecule has 1 aliphatic carbocycles. The predicted molar refractivity (Wildman–Crippen MR) is 361 cm³/mol. The second kappa shape index (κ2) is 31.5. The van der Waals surface area contributed by atoms with Gasteiger partial charge in [0.05, 0.1) is 35.2 Å². The number of hydrogen-bond acceptors (Lipinski definition) is 12. The third kappa shape index (κ3) is 17.2. The minimum Gasteiger partial charge on any atom is -0.465 e. The quantitative estimate of drug-likeness (QED) is 0.0405. The van der Waals surface area contributed by atoms with E-state index in [-0.39, 0.29) is 55.5 Å². The lowest BCUT2D eigenvalue weighted by Crippen LogP contribution is -2.50. The van der Waals surface area contributed by atoms with Gasteiger partial charge in [-0.1, -0.05) is 103 Å². The van der Waals surface area contributed by atoms with Crippen LogP contribution >= 0.6 is 11.3 Å². The number of fused-ring (bicyclic) bond motifs is 2. The molecule has 3 fully saturated rings. The average molecular weight is 1380 g/mol. The lowest BCUT2D eigenvalue weighted by molar-refractivity contribution is -0.143. The fourth-order valence-corrected chi connectivity index (χ4v) is 15.2. The van der Waals surface area contributed by atoms with Gasteiger partial charge < -0.3 is 48.9 Å². The second-order valence-corrected chi connectivity index (χ2v) is 27.4. The number of para-hydroxylation sites is 1. The number of halogens is 7. The van der Waals surface area contributed by atoms with E-state index in [0.29, 0.717) is 131 Å². The maximum atomic E-state index is 14.3. The highest BCUT2D eigenvalue weighted by molar-refractivity contribution is 7.17. The van der Waals surface area contributed by atoms with Gasteiger partial charge in [-0.3, -0.25) is 24.1 Å². The first-order valence-corrected chi connectivity index (χ1v) is 34.3. The molecule has 1 N–H and O–H groups in total. The SMILES string of the molecule is Cc1nc(N(C)CCCCCC(=O)N(C)CCN2CCC(N(C(=O)O)c3ccccc3-c3ccccc3)CC2)sc1C(=O)N(C)CCCN(C)C(=O)CO[C@H]1Cc2ccccc2C12CCN(CC[C@@]1(c3ccc(F)cc3)CN(C(=O)c3cc(C(F)(F)F)cc(C(F)(F)F)c3)CO1)CC2. The van der Waals surface area contributed by atoms with Crippen molar-refractivity contribution in [2.45, 2.75) is 113 Å². The average Bonchev–Trinajstić information content (AvgIpc) is 1.58. The number of carbonyl (C=O) groups excluding carboxylic acids is 4. The number of likely N-dealkylation sites (tertiary alicyclic amines) is 2. The molecule has 5 aromatic carbocycles. The Bertz CT molecular complexity index is 3720. The Morgan fingerprint density at radius 3 is 2.02 bits per heavy atom. The predicted octanol–water partition coefficient (Wildman–Crippen LogP) is 12.7. The van der Waals surface area contributed by atoms with Crippen LogP contribution in [0.15, 0.2) is 121 Å². The molecule has 3 saturated heterocycles. The minimum absolute atomic E-state index is 0.0295. The second-order valence-electron chi connectivity index (χ2n) is 26.4. The summed E-state index contributed by atoms with van der Waals surface area (Å²) in [4.78, 5) is 86.6. The molecule has 17 nitrogen and oxygen atoms in total. The summed E-state index contributed by atoms with van der Waals surface area (Å²) in [5.41, 5.74) is 0.256. The first-order valence-electron chi connectivity index (χ1n) is 33.5. The number of thiazole rings is 1. The first-order chi connectivity index (χ1) is 46.7. The van der Waals surface area contributed by atoms with E-state index in [4.69, 9.17) is 14.5 Å². The van der Waals surface area contributed by atoms with Gasteiger partial charge in [0.25, 0.3) is 11.8 Å². The van der Waals surface area contributed by atoms with E-state index in [0.717, 1.165) is 64.6 Å². The van der Waals surface area contributed by atoms with Gasteiger partial charge >= 0.3 is 18.4 Å². The van der Waals surface area contributed by atoms with Crippen LogP contribution in [0, 0.1) is 12.7 Å². The summed E-state index contributed by atoms with van der Waals surface area (Å²) in [6.45, 7) is 6.88. The van der Waals surface area contributed by atoms with Crippen LogP contribution in [0.5, 0.6) is 0 Å². The number of aromatic nitrogens is 1. The van der Waals surface area contributed by atoms with Gasteiger partial charge in [-0.25, -0.2) is 14.2 Å². The summed E-state index contributed by atoms with van der Waals surface area (Å²) >= 11 is 1.34. The summed E-state index contributed by atoms with van der Waals surface area (Å²) in [6.07, 6.45) is -4.63. The molecule has 1 aromatic heterocycles. The zero-order valence-corrected chi connectivity index (χ0v) is 56.9. The lowest BCUT2D eigenvalue weighted by atomic mass is 9.72. The highest BCUT2D eigenvalue weighted by Gasteiger charge is 2.50. The molecule has 25 heteroatoms. The van der Waals surface area contributed by atoms with Gasteiger partial charge in [0.15, 0.2) is 5.13 Å². The van der Waals surface area contributed by atoms with Crippen molar-refractivity contribution in [3.05, 3.63) is 171 Å². The van der Waals surface area contributed by atoms with E-state index < -0.39 is 64.6 Å². The van der Waals surface area contributed by atoms with Crippen molar-refractivity contribution in [3.8, 4) is 11.1 Å². The summed E-state index contributed by atoms with van der Waals surface area (Å²) in [6, 6.07) is 31.7. The van der Waals surface area contributed by atoms with Crippen LogP contribution < -0.4 is 9.80 Å². The Morgan fingerprint density at radius 1 is 0.704 bits per heavy atom. The van der Waals surface area contributed by atoms with Gasteiger partial charge in [0, 0.05) is 110 Å². The molecule has 10 rings (SSSR count). The summed E-state index contributed by atoms with van der Waals surface area (Å²) in [5, 5.41) is 11.1. The highest BCUT2D eigenvalue weighted by Crippen LogP contribution is 2.49. The molecule has 6 aromatic rings. The number of benzene rings is 5. The zero-order valence-electron chi connectivity index (χ0n) is 56.1. The Balaban J connectivity index is 0.633. The molecule has 2 atom stereocenters. The van der Waals surface area contributed by atoms with Crippen LogP contribution in [0.2, 0.25) is 0 Å². The number of hydrogen-bond donors (Lipinski definition) is 1. The molecule has 3 aliphatic heterocycles. The number of carbonyl (C=O) groups is 5. The van der Waals surface area contributed by atoms with Gasteiger partial charge in [-0.15, -0.1) is 0 Å². The Morgan fingerprint density at radius 2 is 1.34 bits per heavy atom. The van der Waals surface area contributed by atoms with Gasteiger partial charge in [0.1, 0.15) is 29.6 Å². The third-order valence-electron chi connectivity index (χ3n) is 20.0. The molecule has 98 heavy (non-hydrogen) atoms. The monoisotopic (exact) mass is 1380 g/mol. The van der Waals surface area contributed by atoms with Crippen molar-refractivity contribution in [1.82, 2.24) is 34.4 Å². The van der Waals surface area contributed by atoms with Gasteiger partial charge in [-0.05, 0) is 136 Å². The maximum absolute atomic E-state index is 14.3. The van der Waals surface area contributed by atoms with Crippen LogP contribution in [0.25, 0.3) is 11.1 Å². The van der Waals surface area contributed by atoms with Crippen LogP contribution in [0.4, 0.5) is 46.3 Å². The van der Waals surface area contributed by atoms with E-state index in [9.17, 15) is 59.8 Å². The lowest BCUT2D eigenvalue weighted by Gasteiger charge is -2.44. The number of ether oxygens (including phenoxy) is 2. The number of rotatable bonds is 26. The standard InChI is InChI=1S/C73H86F7N9O8S/c1-50-65(98-68(81-50)85(5)33-15-7-10-23-63(90)83(3)41-42-86-36-28-58(29-37-86)89(69(94)95)61-22-14-12-20-59(61)51-17-8-6-9-18-51)67(93)84(4)35-16-34-82(2)64(91)47-96-62-45-52-19-11-13-21-60(52)70(62)30-38-87(39-31-70)40-32-71(54-24-26-57(74)27-25-54)48-88(49-97-71)66(92)53-43-55(72(75,76)77)46-56(44-53)73(78,79)80/h6,8-9,11-14,17-22,24-27,43-44,46,58,62H,7,10,15-16,23,28-42,45,47-49H2,1-5H3,(H,94,95)/t62-,71-/m0/s1. The molecule has 0 unspecified atom stereocenters. The van der Waals surface area contributed by atoms with E-state index in [1.54, 1.807) is 28.8 Å². The zero-order chi connectivity index (χ0) is 70.1. The van der Waals surface area contributed by atoms with E-state index >= 15 is 0 Å². The molecule has 526 valence electrons. The number of carboxylic acid groups (broad SMARTS) is 1. The van der Waals surface area contributed by atoms with E-state index in [2.05, 4.69) is 21.9 Å². The van der Waals surface area contributed by atoms with Crippen molar-refractivity contribution in [2.75, 3.05) is 123 Å². The Hall–Kier alpha value is -7.97. The number of alkyl halides is 6. The summed E-state index contributed by atoms with van der Waals surface area (Å²) in [5.74, 6) is -1.88. The number of aryl methyl sites for hydroxylation is 1. The molecule has 0 saturated carbocycles. The van der Waals surface area contributed by atoms with Crippen molar-refractivity contribution < 1.29 is 69.3 Å². The third-order valence-corrected chi connectivity index (χ3v) is 21.3. The van der Waals surface area contributed by atoms with Crippen LogP contribution in [0.3, 0.4) is 0 Å². The molecule has 1 spiro atoms. The number of amides is 5. The minimum atomic E-state index is -5.15. The van der Waals surface area contributed by atoms with Gasteiger partial charge in [-0.2, -0.15) is 26.3 Å². The van der Waals surface area contributed by atoms with Crippen molar-refractivity contribution in [1.29, 1.82) is 0 Å². The molecule has 4 aliphatic rings. The van der Waals surface area contributed by atoms with Crippen LogP contribution in [-0.4, -0.2) is 195 Å². The number of unbranched alkanes of at least 4 members (excludes halogenated alkanes) is 2. The Kier molecular flexibility index (Phi) is 23.4. The topological polar surface area (TPSA) is 163 Å². The van der Waals surface area contributed by atoms with E-state index in [1.807, 2.05) is 92.6 Å². The maximum Gasteiger partial charge on any atom is 0.416 e. The number of likely N-dealkylation sites (N-methyl/N-ethyl adjacent to an activating group) is 2. The van der Waals surface area contributed by atoms with Crippen molar-refractivity contribution in [2.24, 2.45) is 0 Å². The Labute approximate surface area is 571 Å².